The van der Waals surface area contributed by atoms with Crippen molar-refractivity contribution in [1.29, 1.82) is 0 Å². The van der Waals surface area contributed by atoms with Crippen LogP contribution in [0.3, 0.4) is 0 Å². The van der Waals surface area contributed by atoms with Crippen LogP contribution < -0.4 is 5.69 Å². The fraction of sp³-hybridized carbons (Fsp3) is 0.357. The smallest absolute Gasteiger partial charge is 0.336 e. The van der Waals surface area contributed by atoms with E-state index in [1.54, 1.807) is 25.1 Å². The summed E-state index contributed by atoms with van der Waals surface area (Å²) < 4.78 is 2.75. The lowest BCUT2D eigenvalue weighted by atomic mass is 10.1. The van der Waals surface area contributed by atoms with E-state index in [4.69, 9.17) is 23.2 Å². The van der Waals surface area contributed by atoms with Crippen LogP contribution in [-0.2, 0) is 5.54 Å². The molecular weight excluding hydrogens is 299 g/mol. The van der Waals surface area contributed by atoms with Crippen LogP contribution in [0, 0.1) is 6.92 Å². The van der Waals surface area contributed by atoms with Gasteiger partial charge in [-0.3, -0.25) is 4.57 Å². The zero-order valence-corrected chi connectivity index (χ0v) is 13.2. The topological polar surface area (TPSA) is 47.2 Å². The summed E-state index contributed by atoms with van der Waals surface area (Å²) in [6.07, 6.45) is 0. The molecule has 0 spiro atoms. The second kappa shape index (κ2) is 4.86. The minimum absolute atomic E-state index is 0.108. The minimum Gasteiger partial charge on any atom is -0.493 e. The Labute approximate surface area is 127 Å². The predicted molar refractivity (Wildman–Crippen MR) is 81.4 cm³/mol. The molecule has 0 radical (unpaired) electrons. The molecule has 0 saturated carbocycles. The summed E-state index contributed by atoms with van der Waals surface area (Å²) in [6, 6.07) is 4.74. The molecule has 0 aliphatic heterocycles. The highest BCUT2D eigenvalue weighted by Gasteiger charge is 2.25. The van der Waals surface area contributed by atoms with Crippen molar-refractivity contribution in [2.45, 2.75) is 33.2 Å². The number of benzene rings is 1. The van der Waals surface area contributed by atoms with Crippen molar-refractivity contribution in [3.63, 3.8) is 0 Å². The molecular formula is C14H16Cl2N2O2. The van der Waals surface area contributed by atoms with Crippen molar-refractivity contribution >= 4 is 23.2 Å². The zero-order valence-electron chi connectivity index (χ0n) is 11.7. The number of imidazole rings is 1. The first-order valence-corrected chi connectivity index (χ1v) is 6.89. The van der Waals surface area contributed by atoms with Gasteiger partial charge in [-0.1, -0.05) is 23.2 Å². The van der Waals surface area contributed by atoms with E-state index < -0.39 is 5.54 Å². The molecule has 1 heterocycles. The molecule has 0 amide bonds. The third-order valence-corrected chi connectivity index (χ3v) is 3.47. The van der Waals surface area contributed by atoms with E-state index >= 15 is 0 Å². The van der Waals surface area contributed by atoms with Crippen LogP contribution in [0.4, 0.5) is 0 Å². The van der Waals surface area contributed by atoms with Crippen LogP contribution in [0.5, 0.6) is 5.88 Å². The first-order chi connectivity index (χ1) is 9.12. The van der Waals surface area contributed by atoms with Gasteiger partial charge in [0.05, 0.1) is 11.4 Å². The molecule has 1 N–H and O–H groups in total. The fourth-order valence-corrected chi connectivity index (χ4v) is 2.80. The minimum atomic E-state index is -0.438. The molecule has 0 unspecified atom stereocenters. The van der Waals surface area contributed by atoms with Gasteiger partial charge < -0.3 is 5.11 Å². The lowest BCUT2D eigenvalue weighted by molar-refractivity contribution is 0.373. The summed E-state index contributed by atoms with van der Waals surface area (Å²) in [5.41, 5.74) is 0.173. The average molecular weight is 315 g/mol. The van der Waals surface area contributed by atoms with Crippen LogP contribution in [0.15, 0.2) is 23.0 Å². The highest BCUT2D eigenvalue weighted by Crippen LogP contribution is 2.27. The van der Waals surface area contributed by atoms with E-state index in [-0.39, 0.29) is 11.6 Å². The molecule has 4 nitrogen and oxygen atoms in total. The van der Waals surface area contributed by atoms with Crippen molar-refractivity contribution in [2.75, 3.05) is 0 Å². The van der Waals surface area contributed by atoms with Crippen LogP contribution in [0.1, 0.15) is 26.5 Å². The van der Waals surface area contributed by atoms with Gasteiger partial charge in [-0.05, 0) is 45.9 Å². The van der Waals surface area contributed by atoms with Crippen LogP contribution in [-0.4, -0.2) is 14.2 Å². The van der Waals surface area contributed by atoms with Gasteiger partial charge in [0.15, 0.2) is 0 Å². The average Bonchev–Trinajstić information content (AvgIpc) is 2.47. The summed E-state index contributed by atoms with van der Waals surface area (Å²) in [4.78, 5) is 12.6. The van der Waals surface area contributed by atoms with Gasteiger partial charge in [0.2, 0.25) is 5.88 Å². The van der Waals surface area contributed by atoms with Crippen molar-refractivity contribution < 1.29 is 5.11 Å². The maximum Gasteiger partial charge on any atom is 0.336 e. The van der Waals surface area contributed by atoms with Gasteiger partial charge in [0.1, 0.15) is 0 Å². The van der Waals surface area contributed by atoms with E-state index in [2.05, 4.69) is 0 Å². The molecule has 1 aromatic carbocycles. The number of halogens is 2. The van der Waals surface area contributed by atoms with Crippen molar-refractivity contribution in [1.82, 2.24) is 9.13 Å². The highest BCUT2D eigenvalue weighted by molar-refractivity contribution is 6.34. The molecule has 6 heteroatoms. The Bertz CT molecular complexity index is 704. The quantitative estimate of drug-likeness (QED) is 0.872. The van der Waals surface area contributed by atoms with Crippen LogP contribution >= 0.6 is 23.2 Å². The SMILES string of the molecule is Cc1c(O)n(-c2cc(Cl)cc(Cl)c2)c(=O)n1C(C)(C)C. The molecule has 1 aromatic heterocycles. The number of aromatic nitrogens is 2. The van der Waals surface area contributed by atoms with Gasteiger partial charge in [0.25, 0.3) is 0 Å². The molecule has 2 rings (SSSR count). The second-order valence-corrected chi connectivity index (χ2v) is 6.53. The Morgan fingerprint density at radius 3 is 2.00 bits per heavy atom. The second-order valence-electron chi connectivity index (χ2n) is 5.66. The number of rotatable bonds is 1. The zero-order chi connectivity index (χ0) is 15.2. The summed E-state index contributed by atoms with van der Waals surface area (Å²) >= 11 is 11.9. The van der Waals surface area contributed by atoms with Gasteiger partial charge in [0, 0.05) is 15.6 Å². The maximum atomic E-state index is 12.6. The molecule has 0 fully saturated rings. The largest absolute Gasteiger partial charge is 0.493 e. The van der Waals surface area contributed by atoms with Crippen molar-refractivity contribution in [2.24, 2.45) is 0 Å². The number of nitrogens with zero attached hydrogens (tertiary/aromatic N) is 2. The van der Waals surface area contributed by atoms with E-state index in [0.717, 1.165) is 0 Å². The Kier molecular flexibility index (Phi) is 3.65. The fourth-order valence-electron chi connectivity index (χ4n) is 2.29. The molecule has 0 saturated heterocycles. The summed E-state index contributed by atoms with van der Waals surface area (Å²) in [7, 11) is 0. The normalized spacial score (nSPS) is 11.9. The molecule has 0 aliphatic rings. The van der Waals surface area contributed by atoms with E-state index in [1.807, 2.05) is 20.8 Å². The first kappa shape index (κ1) is 15.0. The molecule has 0 atom stereocenters. The number of hydrogen-bond donors (Lipinski definition) is 1. The van der Waals surface area contributed by atoms with Gasteiger partial charge in [-0.2, -0.15) is 0 Å². The van der Waals surface area contributed by atoms with E-state index in [1.165, 1.54) is 9.13 Å². The molecule has 0 bridgehead atoms. The highest BCUT2D eigenvalue weighted by atomic mass is 35.5. The predicted octanol–water partition coefficient (Wildman–Crippen LogP) is 3.71. The number of aromatic hydroxyl groups is 1. The lowest BCUT2D eigenvalue weighted by Gasteiger charge is -2.21. The third-order valence-electron chi connectivity index (χ3n) is 3.03. The van der Waals surface area contributed by atoms with Gasteiger partial charge in [-0.15, -0.1) is 0 Å². The summed E-state index contributed by atoms with van der Waals surface area (Å²) in [5.74, 6) is -0.108. The molecule has 108 valence electrons. The molecule has 20 heavy (non-hydrogen) atoms. The first-order valence-electron chi connectivity index (χ1n) is 6.13. The monoisotopic (exact) mass is 314 g/mol. The number of hydrogen-bond acceptors (Lipinski definition) is 2. The molecule has 2 aromatic rings. The standard InChI is InChI=1S/C14H16Cl2N2O2/c1-8-12(19)17(13(20)18(8)14(2,3)4)11-6-9(15)5-10(16)7-11/h5-7,19H,1-4H3. The van der Waals surface area contributed by atoms with E-state index in [0.29, 0.717) is 21.4 Å². The molecule has 0 aliphatic carbocycles. The van der Waals surface area contributed by atoms with E-state index in [9.17, 15) is 9.90 Å². The van der Waals surface area contributed by atoms with Crippen molar-refractivity contribution in [3.05, 3.63) is 44.4 Å². The van der Waals surface area contributed by atoms with Crippen LogP contribution in [0.25, 0.3) is 5.69 Å². The summed E-state index contributed by atoms with van der Waals surface area (Å²) in [6.45, 7) is 7.40. The third kappa shape index (κ3) is 2.45. The summed E-state index contributed by atoms with van der Waals surface area (Å²) in [5, 5.41) is 11.1. The Morgan fingerprint density at radius 1 is 1.10 bits per heavy atom. The van der Waals surface area contributed by atoms with Crippen LogP contribution in [0.2, 0.25) is 10.0 Å². The Hall–Kier alpha value is -1.39. The van der Waals surface area contributed by atoms with Crippen molar-refractivity contribution in [3.8, 4) is 11.6 Å². The Balaban J connectivity index is 2.80. The van der Waals surface area contributed by atoms with Gasteiger partial charge >= 0.3 is 5.69 Å². The maximum absolute atomic E-state index is 12.6. The van der Waals surface area contributed by atoms with Gasteiger partial charge in [-0.25, -0.2) is 9.36 Å². The Morgan fingerprint density at radius 2 is 1.60 bits per heavy atom. The lowest BCUT2D eigenvalue weighted by Crippen LogP contribution is -2.35.